The number of hydrogen-bond donors (Lipinski definition) is 1. The number of rotatable bonds is 2. The molecule has 0 aliphatic heterocycles. The minimum Gasteiger partial charge on any atom is -0.348 e. The van der Waals surface area contributed by atoms with Crippen LogP contribution in [0.15, 0.2) is 28.7 Å². The Morgan fingerprint density at radius 3 is 2.05 bits per heavy atom. The van der Waals surface area contributed by atoms with E-state index in [0.717, 1.165) is 24.3 Å². The van der Waals surface area contributed by atoms with Gasteiger partial charge in [0, 0.05) is 6.07 Å². The molecule has 102 valence electrons. The molecule has 0 fully saturated rings. The summed E-state index contributed by atoms with van der Waals surface area (Å²) in [6.45, 7) is 0. The van der Waals surface area contributed by atoms with E-state index in [1.54, 1.807) is 6.07 Å². The van der Waals surface area contributed by atoms with Gasteiger partial charge >= 0.3 is 0 Å². The molecular weight excluding hydrogens is 340 g/mol. The molecule has 2 nitrogen and oxygen atoms in total. The Morgan fingerprint density at radius 1 is 0.900 bits per heavy atom. The highest BCUT2D eigenvalue weighted by atomic mass is 79.9. The summed E-state index contributed by atoms with van der Waals surface area (Å²) in [4.78, 5) is 0. The summed E-state index contributed by atoms with van der Waals surface area (Å²) in [6.07, 6.45) is 0. The normalized spacial score (nSPS) is 10.2. The Morgan fingerprint density at radius 2 is 1.50 bits per heavy atom. The lowest BCUT2D eigenvalue weighted by Gasteiger charge is -2.10. The van der Waals surface area contributed by atoms with Gasteiger partial charge in [-0.25, -0.2) is 17.6 Å². The molecule has 0 aromatic heterocycles. The molecule has 20 heavy (non-hydrogen) atoms. The predicted octanol–water partition coefficient (Wildman–Crippen LogP) is 4.62. The lowest BCUT2D eigenvalue weighted by atomic mass is 10.2. The van der Waals surface area contributed by atoms with Crippen LogP contribution in [0.1, 0.15) is 5.56 Å². The molecule has 1 N–H and O–H groups in total. The van der Waals surface area contributed by atoms with Crippen molar-refractivity contribution in [1.82, 2.24) is 0 Å². The third kappa shape index (κ3) is 2.75. The van der Waals surface area contributed by atoms with Gasteiger partial charge in [0.25, 0.3) is 0 Å². The molecule has 0 spiro atoms. The van der Waals surface area contributed by atoms with E-state index in [-0.39, 0.29) is 10.0 Å². The molecule has 0 radical (unpaired) electrons. The van der Waals surface area contributed by atoms with Crippen LogP contribution in [0.4, 0.5) is 28.9 Å². The second-order valence-corrected chi connectivity index (χ2v) is 4.65. The summed E-state index contributed by atoms with van der Waals surface area (Å²) in [5.41, 5.74) is -1.30. The Balaban J connectivity index is 2.46. The van der Waals surface area contributed by atoms with Gasteiger partial charge in [-0.05, 0) is 34.1 Å². The van der Waals surface area contributed by atoms with E-state index in [4.69, 9.17) is 5.26 Å². The quantitative estimate of drug-likeness (QED) is 0.637. The number of nitrogens with zero attached hydrogens (tertiary/aromatic N) is 1. The van der Waals surface area contributed by atoms with Crippen LogP contribution < -0.4 is 5.32 Å². The highest BCUT2D eigenvalue weighted by Crippen LogP contribution is 2.29. The van der Waals surface area contributed by atoms with Gasteiger partial charge in [0.05, 0.1) is 21.8 Å². The Labute approximate surface area is 119 Å². The first-order chi connectivity index (χ1) is 9.42. The van der Waals surface area contributed by atoms with Crippen LogP contribution in [0.25, 0.3) is 0 Å². The summed E-state index contributed by atoms with van der Waals surface area (Å²) in [5, 5.41) is 10.7. The van der Waals surface area contributed by atoms with Gasteiger partial charge in [-0.15, -0.1) is 0 Å². The number of nitrogens with one attached hydrogen (secondary N) is 1. The van der Waals surface area contributed by atoms with Crippen molar-refractivity contribution in [2.75, 3.05) is 5.32 Å². The maximum Gasteiger partial charge on any atom is 0.150 e. The van der Waals surface area contributed by atoms with Gasteiger partial charge in [0.15, 0.2) is 11.6 Å². The maximum absolute atomic E-state index is 13.6. The van der Waals surface area contributed by atoms with E-state index >= 15 is 0 Å². The van der Waals surface area contributed by atoms with E-state index in [2.05, 4.69) is 21.2 Å². The van der Waals surface area contributed by atoms with E-state index in [0.29, 0.717) is 0 Å². The van der Waals surface area contributed by atoms with Crippen LogP contribution in [0.5, 0.6) is 0 Å². The zero-order valence-corrected chi connectivity index (χ0v) is 11.2. The summed E-state index contributed by atoms with van der Waals surface area (Å²) < 4.78 is 54.0. The van der Waals surface area contributed by atoms with Crippen molar-refractivity contribution in [3.8, 4) is 6.07 Å². The summed E-state index contributed by atoms with van der Waals surface area (Å²) >= 11 is 2.79. The van der Waals surface area contributed by atoms with Gasteiger partial charge in [0.2, 0.25) is 0 Å². The van der Waals surface area contributed by atoms with Gasteiger partial charge < -0.3 is 5.32 Å². The van der Waals surface area contributed by atoms with Crippen molar-refractivity contribution in [2.24, 2.45) is 0 Å². The van der Waals surface area contributed by atoms with E-state index < -0.39 is 34.6 Å². The molecule has 2 rings (SSSR count). The lowest BCUT2D eigenvalue weighted by Crippen LogP contribution is -2.01. The zero-order valence-electron chi connectivity index (χ0n) is 9.65. The van der Waals surface area contributed by atoms with Crippen LogP contribution in [-0.4, -0.2) is 0 Å². The number of hydrogen-bond acceptors (Lipinski definition) is 2. The van der Waals surface area contributed by atoms with Gasteiger partial charge in [-0.2, -0.15) is 5.26 Å². The topological polar surface area (TPSA) is 35.8 Å². The molecule has 0 amide bonds. The molecule has 0 atom stereocenters. The fourth-order valence-corrected chi connectivity index (χ4v) is 1.83. The van der Waals surface area contributed by atoms with Crippen molar-refractivity contribution in [3.63, 3.8) is 0 Å². The first-order valence-corrected chi connectivity index (χ1v) is 6.02. The minimum atomic E-state index is -1.08. The van der Waals surface area contributed by atoms with Crippen molar-refractivity contribution >= 4 is 27.3 Å². The predicted molar refractivity (Wildman–Crippen MR) is 68.4 cm³/mol. The van der Waals surface area contributed by atoms with Crippen LogP contribution in [0, 0.1) is 34.6 Å². The second kappa shape index (κ2) is 5.51. The van der Waals surface area contributed by atoms with Crippen LogP contribution in [0.2, 0.25) is 0 Å². The molecule has 0 unspecified atom stereocenters. The monoisotopic (exact) mass is 344 g/mol. The molecule has 0 aliphatic rings. The van der Waals surface area contributed by atoms with Crippen molar-refractivity contribution in [3.05, 3.63) is 57.6 Å². The van der Waals surface area contributed by atoms with Crippen molar-refractivity contribution in [2.45, 2.75) is 0 Å². The van der Waals surface area contributed by atoms with Crippen LogP contribution in [0.3, 0.4) is 0 Å². The van der Waals surface area contributed by atoms with Crippen LogP contribution >= 0.6 is 15.9 Å². The molecule has 0 heterocycles. The number of nitriles is 1. The fourth-order valence-electron chi connectivity index (χ4n) is 1.51. The summed E-state index contributed by atoms with van der Waals surface area (Å²) in [7, 11) is 0. The minimum absolute atomic E-state index is 0.110. The average Bonchev–Trinajstić information content (AvgIpc) is 2.39. The highest BCUT2D eigenvalue weighted by Gasteiger charge is 2.15. The Hall–Kier alpha value is -2.07. The third-order valence-electron chi connectivity index (χ3n) is 2.44. The van der Waals surface area contributed by atoms with Gasteiger partial charge in [-0.3, -0.25) is 0 Å². The summed E-state index contributed by atoms with van der Waals surface area (Å²) in [5.74, 6) is -3.83. The number of halogens is 5. The van der Waals surface area contributed by atoms with E-state index in [1.807, 2.05) is 0 Å². The third-order valence-corrected chi connectivity index (χ3v) is 3.05. The van der Waals surface area contributed by atoms with Gasteiger partial charge in [0.1, 0.15) is 17.3 Å². The van der Waals surface area contributed by atoms with Crippen LogP contribution in [-0.2, 0) is 0 Å². The first-order valence-electron chi connectivity index (χ1n) is 5.23. The molecule has 2 aromatic carbocycles. The Bertz CT molecular complexity index is 702. The molecule has 7 heteroatoms. The van der Waals surface area contributed by atoms with Gasteiger partial charge in [-0.1, -0.05) is 0 Å². The van der Waals surface area contributed by atoms with E-state index in [9.17, 15) is 17.6 Å². The molecule has 0 aliphatic carbocycles. The Kier molecular flexibility index (Phi) is 3.95. The van der Waals surface area contributed by atoms with Crippen molar-refractivity contribution < 1.29 is 17.6 Å². The average molecular weight is 345 g/mol. The largest absolute Gasteiger partial charge is 0.348 e. The molecular formula is C13H5BrF4N2. The molecule has 0 saturated heterocycles. The molecule has 0 bridgehead atoms. The standard InChI is InChI=1S/C13H5BrF4N2/c14-7-3-9(16)12(4-8(7)15)20-13-10(17)1-6(5-19)2-11(13)18/h1-4,20H. The van der Waals surface area contributed by atoms with E-state index in [1.165, 1.54) is 0 Å². The second-order valence-electron chi connectivity index (χ2n) is 3.80. The number of anilines is 2. The zero-order chi connectivity index (χ0) is 14.9. The fraction of sp³-hybridized carbons (Fsp3) is 0. The molecule has 2 aromatic rings. The number of benzene rings is 2. The lowest BCUT2D eigenvalue weighted by molar-refractivity contribution is 0.585. The first kappa shape index (κ1) is 14.3. The van der Waals surface area contributed by atoms with Crippen molar-refractivity contribution in [1.29, 1.82) is 5.26 Å². The maximum atomic E-state index is 13.6. The summed E-state index contributed by atoms with van der Waals surface area (Å²) in [6, 6.07) is 4.75. The molecule has 0 saturated carbocycles. The highest BCUT2D eigenvalue weighted by molar-refractivity contribution is 9.10. The SMILES string of the molecule is N#Cc1cc(F)c(Nc2cc(F)c(Br)cc2F)c(F)c1. The smallest absolute Gasteiger partial charge is 0.150 e.